The fourth-order valence-electron chi connectivity index (χ4n) is 2.64. The van der Waals surface area contributed by atoms with Crippen molar-refractivity contribution < 1.29 is 14.7 Å². The molecule has 0 fully saturated rings. The number of carboxylic acid groups (broad SMARTS) is 1. The smallest absolute Gasteiger partial charge is 0.327 e. The molecule has 0 rings (SSSR count). The zero-order valence-corrected chi connectivity index (χ0v) is 18.3. The predicted molar refractivity (Wildman–Crippen MR) is 122 cm³/mol. The van der Waals surface area contributed by atoms with Crippen molar-refractivity contribution >= 4 is 24.5 Å². The van der Waals surface area contributed by atoms with E-state index in [1.165, 1.54) is 25.7 Å². The molecule has 0 aliphatic rings. The maximum atomic E-state index is 11.6. The van der Waals surface area contributed by atoms with E-state index in [2.05, 4.69) is 61.3 Å². The van der Waals surface area contributed by atoms with Crippen LogP contribution in [0.3, 0.4) is 0 Å². The molecule has 1 atom stereocenters. The number of carboxylic acids is 1. The zero-order chi connectivity index (χ0) is 20.9. The highest BCUT2D eigenvalue weighted by Crippen LogP contribution is 2.07. The van der Waals surface area contributed by atoms with Crippen LogP contribution in [0.5, 0.6) is 0 Å². The Hall–Kier alpha value is -1.49. The second-order valence-electron chi connectivity index (χ2n) is 6.98. The number of rotatable bonds is 18. The summed E-state index contributed by atoms with van der Waals surface area (Å²) in [6.45, 7) is 2.23. The van der Waals surface area contributed by atoms with Crippen LogP contribution in [0.1, 0.15) is 84.0 Å². The fourth-order valence-corrected chi connectivity index (χ4v) is 2.89. The molecule has 160 valence electrons. The number of thiol groups is 1. The maximum absolute atomic E-state index is 11.6. The molecule has 0 aliphatic carbocycles. The third-order valence-corrected chi connectivity index (χ3v) is 4.72. The Labute approximate surface area is 177 Å². The number of aliphatic carboxylic acids is 1. The summed E-state index contributed by atoms with van der Waals surface area (Å²) >= 11 is 3.93. The van der Waals surface area contributed by atoms with E-state index in [0.717, 1.165) is 44.9 Å². The molecule has 0 aromatic carbocycles. The summed E-state index contributed by atoms with van der Waals surface area (Å²) in [6.07, 6.45) is 25.9. The first kappa shape index (κ1) is 26.5. The number of unbranched alkanes of at least 4 members (excludes halogenated alkanes) is 7. The summed E-state index contributed by atoms with van der Waals surface area (Å²) in [4.78, 5) is 22.5. The molecule has 0 unspecified atom stereocenters. The van der Waals surface area contributed by atoms with Crippen molar-refractivity contribution in [1.29, 1.82) is 0 Å². The predicted octanol–water partition coefficient (Wildman–Crippen LogP) is 5.86. The first-order valence-corrected chi connectivity index (χ1v) is 11.3. The van der Waals surface area contributed by atoms with Gasteiger partial charge in [-0.05, 0) is 44.9 Å². The summed E-state index contributed by atoms with van der Waals surface area (Å²) in [6, 6.07) is -0.892. The number of carbonyl (C=O) groups excluding carboxylic acids is 1. The van der Waals surface area contributed by atoms with Gasteiger partial charge in [0, 0.05) is 12.2 Å². The van der Waals surface area contributed by atoms with E-state index >= 15 is 0 Å². The Kier molecular flexibility index (Phi) is 19.2. The summed E-state index contributed by atoms with van der Waals surface area (Å²) in [5.74, 6) is -1.13. The molecule has 0 aliphatic heterocycles. The largest absolute Gasteiger partial charge is 0.480 e. The molecule has 0 saturated heterocycles. The van der Waals surface area contributed by atoms with Crippen molar-refractivity contribution in [2.45, 2.75) is 90.0 Å². The Bertz CT molecular complexity index is 486. The molecule has 0 aromatic rings. The quantitative estimate of drug-likeness (QED) is 0.151. The van der Waals surface area contributed by atoms with E-state index in [0.29, 0.717) is 6.42 Å². The van der Waals surface area contributed by atoms with Gasteiger partial charge in [-0.1, -0.05) is 69.1 Å². The third kappa shape index (κ3) is 17.9. The molecular weight excluding hydrogens is 370 g/mol. The van der Waals surface area contributed by atoms with Crippen molar-refractivity contribution in [3.05, 3.63) is 36.5 Å². The molecule has 0 aromatic heterocycles. The molecular formula is C23H39NO3S. The number of nitrogens with one attached hydrogen (secondary N) is 1. The fraction of sp³-hybridized carbons (Fsp3) is 0.652. The summed E-state index contributed by atoms with van der Waals surface area (Å²) in [5, 5.41) is 11.3. The molecule has 5 heteroatoms. The van der Waals surface area contributed by atoms with Gasteiger partial charge in [0.2, 0.25) is 5.91 Å². The SMILES string of the molecule is CCCCC/C=C\C/C=C\C/C=C\CCCCCCC(=O)N[C@@H](CS)C(=O)O. The highest BCUT2D eigenvalue weighted by molar-refractivity contribution is 7.80. The van der Waals surface area contributed by atoms with E-state index in [1.807, 2.05) is 0 Å². The molecule has 28 heavy (non-hydrogen) atoms. The lowest BCUT2D eigenvalue weighted by molar-refractivity contribution is -0.141. The Morgan fingerprint density at radius 1 is 0.857 bits per heavy atom. The first-order chi connectivity index (χ1) is 13.6. The first-order valence-electron chi connectivity index (χ1n) is 10.7. The lowest BCUT2D eigenvalue weighted by Gasteiger charge is -2.11. The average Bonchev–Trinajstić information content (AvgIpc) is 2.68. The second-order valence-corrected chi connectivity index (χ2v) is 7.34. The van der Waals surface area contributed by atoms with Gasteiger partial charge in [-0.2, -0.15) is 12.6 Å². The number of allylic oxidation sites excluding steroid dienone is 6. The minimum Gasteiger partial charge on any atom is -0.480 e. The van der Waals surface area contributed by atoms with Gasteiger partial charge in [0.1, 0.15) is 6.04 Å². The van der Waals surface area contributed by atoms with Crippen molar-refractivity contribution in [2.75, 3.05) is 5.75 Å². The van der Waals surface area contributed by atoms with E-state index in [1.54, 1.807) is 0 Å². The topological polar surface area (TPSA) is 66.4 Å². The number of hydrogen-bond donors (Lipinski definition) is 3. The van der Waals surface area contributed by atoms with E-state index in [9.17, 15) is 9.59 Å². The maximum Gasteiger partial charge on any atom is 0.327 e. The highest BCUT2D eigenvalue weighted by atomic mass is 32.1. The zero-order valence-electron chi connectivity index (χ0n) is 17.4. The van der Waals surface area contributed by atoms with Gasteiger partial charge in [-0.15, -0.1) is 0 Å². The van der Waals surface area contributed by atoms with Crippen molar-refractivity contribution in [1.82, 2.24) is 5.32 Å². The Balaban J connectivity index is 3.50. The Morgan fingerprint density at radius 3 is 1.93 bits per heavy atom. The van der Waals surface area contributed by atoms with Gasteiger partial charge in [-0.3, -0.25) is 4.79 Å². The summed E-state index contributed by atoms with van der Waals surface area (Å²) < 4.78 is 0. The Morgan fingerprint density at radius 2 is 1.39 bits per heavy atom. The summed E-state index contributed by atoms with van der Waals surface area (Å²) in [5.41, 5.74) is 0. The van der Waals surface area contributed by atoms with Crippen LogP contribution in [-0.4, -0.2) is 28.8 Å². The molecule has 0 bridgehead atoms. The third-order valence-electron chi connectivity index (χ3n) is 4.36. The van der Waals surface area contributed by atoms with Gasteiger partial charge < -0.3 is 10.4 Å². The van der Waals surface area contributed by atoms with Crippen LogP contribution < -0.4 is 5.32 Å². The van der Waals surface area contributed by atoms with E-state index in [-0.39, 0.29) is 11.7 Å². The minimum absolute atomic E-state index is 0.109. The van der Waals surface area contributed by atoms with Gasteiger partial charge in [-0.25, -0.2) is 4.79 Å². The average molecular weight is 410 g/mol. The molecule has 1 amide bonds. The van der Waals surface area contributed by atoms with Gasteiger partial charge in [0.05, 0.1) is 0 Å². The van der Waals surface area contributed by atoms with Gasteiger partial charge >= 0.3 is 5.97 Å². The van der Waals surface area contributed by atoms with Crippen LogP contribution >= 0.6 is 12.6 Å². The lowest BCUT2D eigenvalue weighted by atomic mass is 10.1. The van der Waals surface area contributed by atoms with Crippen LogP contribution in [-0.2, 0) is 9.59 Å². The molecule has 4 nitrogen and oxygen atoms in total. The molecule has 2 N–H and O–H groups in total. The summed E-state index contributed by atoms with van der Waals surface area (Å²) in [7, 11) is 0. The van der Waals surface area contributed by atoms with Crippen molar-refractivity contribution in [3.8, 4) is 0 Å². The molecule has 0 saturated carbocycles. The minimum atomic E-state index is -1.04. The standard InChI is InChI=1S/C23H39NO3S/c1-2-3-4-5-6-7-8-9-10-11-12-13-14-15-16-17-18-19-22(25)24-21(20-28)23(26)27/h6-7,9-10,12-13,21,28H,2-5,8,11,14-20H2,1H3,(H,24,25)(H,26,27)/b7-6-,10-9-,13-12-/t21-/m0/s1. The normalized spacial score (nSPS) is 12.9. The van der Waals surface area contributed by atoms with Gasteiger partial charge in [0.15, 0.2) is 0 Å². The van der Waals surface area contributed by atoms with Crippen LogP contribution in [0.15, 0.2) is 36.5 Å². The molecule has 0 radical (unpaired) electrons. The van der Waals surface area contributed by atoms with E-state index < -0.39 is 12.0 Å². The highest BCUT2D eigenvalue weighted by Gasteiger charge is 2.17. The van der Waals surface area contributed by atoms with Gasteiger partial charge in [0.25, 0.3) is 0 Å². The van der Waals surface area contributed by atoms with Crippen LogP contribution in [0.25, 0.3) is 0 Å². The van der Waals surface area contributed by atoms with Crippen LogP contribution in [0.2, 0.25) is 0 Å². The van der Waals surface area contributed by atoms with E-state index in [4.69, 9.17) is 5.11 Å². The monoisotopic (exact) mass is 409 g/mol. The number of carbonyl (C=O) groups is 2. The van der Waals surface area contributed by atoms with Crippen LogP contribution in [0, 0.1) is 0 Å². The van der Waals surface area contributed by atoms with Crippen molar-refractivity contribution in [2.24, 2.45) is 0 Å². The molecule has 0 spiro atoms. The second kappa shape index (κ2) is 20.2. The van der Waals surface area contributed by atoms with Crippen molar-refractivity contribution in [3.63, 3.8) is 0 Å². The number of hydrogen-bond acceptors (Lipinski definition) is 3. The number of amides is 1. The lowest BCUT2D eigenvalue weighted by Crippen LogP contribution is -2.42. The van der Waals surface area contributed by atoms with Crippen LogP contribution in [0.4, 0.5) is 0 Å². The molecule has 0 heterocycles.